The number of carbonyl (C=O) groups is 2. The van der Waals surface area contributed by atoms with Crippen LogP contribution in [0.15, 0.2) is 42.5 Å². The second kappa shape index (κ2) is 9.76. The van der Waals surface area contributed by atoms with E-state index >= 15 is 0 Å². The molecule has 2 aromatic carbocycles. The minimum atomic E-state index is -0.429. The molecule has 29 heavy (non-hydrogen) atoms. The van der Waals surface area contributed by atoms with E-state index < -0.39 is 5.97 Å². The van der Waals surface area contributed by atoms with Crippen molar-refractivity contribution in [1.82, 2.24) is 0 Å². The highest BCUT2D eigenvalue weighted by atomic mass is 35.5. The molecule has 0 bridgehead atoms. The van der Waals surface area contributed by atoms with Gasteiger partial charge in [0.2, 0.25) is 5.91 Å². The summed E-state index contributed by atoms with van der Waals surface area (Å²) in [5.74, 6) is 0.157. The van der Waals surface area contributed by atoms with E-state index in [9.17, 15) is 9.59 Å². The van der Waals surface area contributed by atoms with Gasteiger partial charge in [-0.1, -0.05) is 29.8 Å². The topological polar surface area (TPSA) is 64.6 Å². The lowest BCUT2D eigenvalue weighted by molar-refractivity contribution is -0.116. The van der Waals surface area contributed by atoms with Crippen molar-refractivity contribution in [3.8, 4) is 5.75 Å². The lowest BCUT2D eigenvalue weighted by Crippen LogP contribution is -2.15. The number of thiophene rings is 1. The van der Waals surface area contributed by atoms with Crippen molar-refractivity contribution >= 4 is 49.9 Å². The average Bonchev–Trinajstić information content (AvgIpc) is 3.04. The van der Waals surface area contributed by atoms with E-state index in [1.165, 1.54) is 11.3 Å². The van der Waals surface area contributed by atoms with Crippen LogP contribution in [0.2, 0.25) is 5.02 Å². The van der Waals surface area contributed by atoms with Crippen LogP contribution in [0.4, 0.5) is 5.00 Å². The van der Waals surface area contributed by atoms with Gasteiger partial charge in [0, 0.05) is 21.5 Å². The molecule has 0 unspecified atom stereocenters. The number of hydrogen-bond donors (Lipinski definition) is 1. The van der Waals surface area contributed by atoms with Crippen molar-refractivity contribution in [2.45, 2.75) is 26.7 Å². The summed E-state index contributed by atoms with van der Waals surface area (Å²) in [4.78, 5) is 24.8. The Hall–Kier alpha value is -2.57. The van der Waals surface area contributed by atoms with Gasteiger partial charge in [0.15, 0.2) is 0 Å². The summed E-state index contributed by atoms with van der Waals surface area (Å²) in [6.45, 7) is 4.37. The first kappa shape index (κ1) is 21.1. The minimum Gasteiger partial charge on any atom is -0.493 e. The average molecular weight is 432 g/mol. The second-order valence-corrected chi connectivity index (χ2v) is 7.92. The van der Waals surface area contributed by atoms with Gasteiger partial charge in [0.1, 0.15) is 16.3 Å². The normalized spacial score (nSPS) is 10.7. The molecule has 0 spiro atoms. The van der Waals surface area contributed by atoms with Crippen molar-refractivity contribution < 1.29 is 19.1 Å². The lowest BCUT2D eigenvalue weighted by atomic mass is 10.1. The molecule has 0 aliphatic carbocycles. The molecule has 5 nitrogen and oxygen atoms in total. The van der Waals surface area contributed by atoms with Crippen LogP contribution in [0.25, 0.3) is 10.1 Å². The summed E-state index contributed by atoms with van der Waals surface area (Å²) in [6.07, 6.45) is 0.830. The molecule has 152 valence electrons. The van der Waals surface area contributed by atoms with E-state index in [0.29, 0.717) is 28.6 Å². The number of hydrogen-bond acceptors (Lipinski definition) is 5. The van der Waals surface area contributed by atoms with Crippen LogP contribution in [0.3, 0.4) is 0 Å². The zero-order chi connectivity index (χ0) is 20.8. The molecule has 0 aliphatic heterocycles. The fourth-order valence-electron chi connectivity index (χ4n) is 2.92. The Kier molecular flexibility index (Phi) is 7.12. The third-order valence-electron chi connectivity index (χ3n) is 4.27. The van der Waals surface area contributed by atoms with Gasteiger partial charge in [0.25, 0.3) is 0 Å². The van der Waals surface area contributed by atoms with Crippen LogP contribution in [0, 0.1) is 6.92 Å². The molecule has 0 fully saturated rings. The molecule has 1 heterocycles. The number of benzene rings is 2. The number of carbonyl (C=O) groups excluding carboxylic acids is 2. The van der Waals surface area contributed by atoms with Crippen LogP contribution in [0.5, 0.6) is 5.75 Å². The summed E-state index contributed by atoms with van der Waals surface area (Å²) in [5.41, 5.74) is 1.36. The van der Waals surface area contributed by atoms with E-state index in [-0.39, 0.29) is 18.9 Å². The van der Waals surface area contributed by atoms with Crippen molar-refractivity contribution in [2.24, 2.45) is 0 Å². The first-order chi connectivity index (χ1) is 14.0. The van der Waals surface area contributed by atoms with Crippen molar-refractivity contribution in [1.29, 1.82) is 0 Å². The zero-order valence-corrected chi connectivity index (χ0v) is 17.9. The minimum absolute atomic E-state index is 0.168. The van der Waals surface area contributed by atoms with E-state index in [1.807, 2.05) is 43.3 Å². The predicted molar refractivity (Wildman–Crippen MR) is 117 cm³/mol. The van der Waals surface area contributed by atoms with Gasteiger partial charge in [-0.15, -0.1) is 11.3 Å². The molecule has 0 saturated carbocycles. The van der Waals surface area contributed by atoms with Gasteiger partial charge >= 0.3 is 5.97 Å². The van der Waals surface area contributed by atoms with Gasteiger partial charge in [-0.25, -0.2) is 4.79 Å². The van der Waals surface area contributed by atoms with E-state index in [2.05, 4.69) is 5.32 Å². The second-order valence-electron chi connectivity index (χ2n) is 6.43. The number of anilines is 1. The number of amides is 1. The van der Waals surface area contributed by atoms with Gasteiger partial charge in [-0.05, 0) is 50.1 Å². The lowest BCUT2D eigenvalue weighted by Gasteiger charge is -2.10. The standard InChI is InChI=1S/C22H22ClNO4S/c1-3-27-22(26)20-16-7-4-5-8-18(16)29-21(20)24-19(25)9-6-12-28-17-11-10-15(23)13-14(17)2/h4-5,7-8,10-11,13H,3,6,9,12H2,1-2H3,(H,24,25). The number of ether oxygens (including phenoxy) is 2. The number of nitrogens with one attached hydrogen (secondary N) is 1. The first-order valence-electron chi connectivity index (χ1n) is 9.37. The Balaban J connectivity index is 1.61. The third-order valence-corrected chi connectivity index (χ3v) is 5.59. The molecule has 0 atom stereocenters. The monoisotopic (exact) mass is 431 g/mol. The molecule has 0 radical (unpaired) electrons. The quantitative estimate of drug-likeness (QED) is 0.359. The molecule has 0 aliphatic rings. The molecular weight excluding hydrogens is 410 g/mol. The molecule has 1 N–H and O–H groups in total. The molecular formula is C22H22ClNO4S. The smallest absolute Gasteiger partial charge is 0.341 e. The fourth-order valence-corrected chi connectivity index (χ4v) is 4.25. The van der Waals surface area contributed by atoms with Gasteiger partial charge in [-0.2, -0.15) is 0 Å². The van der Waals surface area contributed by atoms with Crippen molar-refractivity contribution in [3.63, 3.8) is 0 Å². The van der Waals surface area contributed by atoms with Crippen molar-refractivity contribution in [2.75, 3.05) is 18.5 Å². The van der Waals surface area contributed by atoms with Gasteiger partial charge in [0.05, 0.1) is 13.2 Å². The highest BCUT2D eigenvalue weighted by Crippen LogP contribution is 2.36. The van der Waals surface area contributed by atoms with E-state index in [1.54, 1.807) is 13.0 Å². The van der Waals surface area contributed by atoms with E-state index in [4.69, 9.17) is 21.1 Å². The van der Waals surface area contributed by atoms with Crippen LogP contribution in [-0.4, -0.2) is 25.1 Å². The third kappa shape index (κ3) is 5.28. The first-order valence-corrected chi connectivity index (χ1v) is 10.6. The number of rotatable bonds is 8. The highest BCUT2D eigenvalue weighted by molar-refractivity contribution is 7.23. The zero-order valence-electron chi connectivity index (χ0n) is 16.3. The van der Waals surface area contributed by atoms with Crippen LogP contribution >= 0.6 is 22.9 Å². The van der Waals surface area contributed by atoms with Crippen molar-refractivity contribution in [3.05, 3.63) is 58.6 Å². The summed E-state index contributed by atoms with van der Waals surface area (Å²) in [6, 6.07) is 13.0. The molecule has 1 aromatic heterocycles. The Morgan fingerprint density at radius 3 is 2.72 bits per heavy atom. The van der Waals surface area contributed by atoms with Gasteiger partial charge < -0.3 is 14.8 Å². The van der Waals surface area contributed by atoms with Gasteiger partial charge in [-0.3, -0.25) is 4.79 Å². The SMILES string of the molecule is CCOC(=O)c1c(NC(=O)CCCOc2ccc(Cl)cc2C)sc2ccccc12. The Morgan fingerprint density at radius 1 is 1.17 bits per heavy atom. The maximum absolute atomic E-state index is 12.4. The maximum atomic E-state index is 12.4. The molecule has 1 amide bonds. The predicted octanol–water partition coefficient (Wildman–Crippen LogP) is 5.84. The van der Waals surface area contributed by atoms with Crippen LogP contribution in [0.1, 0.15) is 35.7 Å². The summed E-state index contributed by atoms with van der Waals surface area (Å²) >= 11 is 7.31. The Bertz CT molecular complexity index is 1030. The van der Waals surface area contributed by atoms with Crippen LogP contribution in [-0.2, 0) is 9.53 Å². The number of fused-ring (bicyclic) bond motifs is 1. The Morgan fingerprint density at radius 2 is 1.97 bits per heavy atom. The fraction of sp³-hybridized carbons (Fsp3) is 0.273. The summed E-state index contributed by atoms with van der Waals surface area (Å²) in [7, 11) is 0. The van der Waals surface area contributed by atoms with Crippen LogP contribution < -0.4 is 10.1 Å². The molecule has 3 aromatic rings. The molecule has 0 saturated heterocycles. The summed E-state index contributed by atoms with van der Waals surface area (Å²) < 4.78 is 11.8. The highest BCUT2D eigenvalue weighted by Gasteiger charge is 2.21. The number of halogens is 1. The molecule has 7 heteroatoms. The number of esters is 1. The number of aryl methyl sites for hydroxylation is 1. The maximum Gasteiger partial charge on any atom is 0.341 e. The Labute approximate surface area is 178 Å². The largest absolute Gasteiger partial charge is 0.493 e. The summed E-state index contributed by atoms with van der Waals surface area (Å²) in [5, 5.41) is 4.83. The molecule has 3 rings (SSSR count). The van der Waals surface area contributed by atoms with E-state index in [0.717, 1.165) is 21.4 Å².